The van der Waals surface area contributed by atoms with Crippen molar-refractivity contribution in [1.82, 2.24) is 4.90 Å². The van der Waals surface area contributed by atoms with Crippen molar-refractivity contribution < 1.29 is 19.4 Å². The molecule has 0 radical (unpaired) electrons. The van der Waals surface area contributed by atoms with Crippen LogP contribution in [0.1, 0.15) is 18.1 Å². The van der Waals surface area contributed by atoms with E-state index in [-0.39, 0.29) is 17.6 Å². The molecule has 1 saturated heterocycles. The number of aryl methyl sites for hydroxylation is 1. The number of carbonyl (C=O) groups excluding carboxylic acids is 2. The fourth-order valence-electron chi connectivity index (χ4n) is 2.82. The summed E-state index contributed by atoms with van der Waals surface area (Å²) in [6.45, 7) is 3.54. The fourth-order valence-corrected chi connectivity index (χ4v) is 4.24. The van der Waals surface area contributed by atoms with Crippen molar-refractivity contribution in [2.75, 3.05) is 12.4 Å². The molecule has 6 nitrogen and oxygen atoms in total. The highest BCUT2D eigenvalue weighted by atomic mass is 32.2. The third-order valence-electron chi connectivity index (χ3n) is 4.49. The summed E-state index contributed by atoms with van der Waals surface area (Å²) < 4.78 is 5.41. The number of amides is 2. The van der Waals surface area contributed by atoms with Gasteiger partial charge in [0.05, 0.1) is 12.0 Å². The van der Waals surface area contributed by atoms with E-state index in [2.05, 4.69) is 5.32 Å². The Hall–Kier alpha value is -2.84. The molecule has 2 aromatic rings. The molecule has 0 saturated carbocycles. The van der Waals surface area contributed by atoms with E-state index < -0.39 is 6.04 Å². The van der Waals surface area contributed by atoms with Crippen LogP contribution in [0.4, 0.5) is 5.69 Å². The maximum absolute atomic E-state index is 12.9. The van der Waals surface area contributed by atoms with E-state index in [4.69, 9.17) is 17.0 Å². The smallest absolute Gasteiger partial charge is 0.266 e. The molecule has 1 aliphatic heterocycles. The number of aromatic hydroxyl groups is 1. The largest absolute Gasteiger partial charge is 0.504 e. The Morgan fingerprint density at radius 1 is 1.31 bits per heavy atom. The lowest BCUT2D eigenvalue weighted by atomic mass is 10.1. The minimum absolute atomic E-state index is 0.0127. The maximum atomic E-state index is 12.9. The summed E-state index contributed by atoms with van der Waals surface area (Å²) in [5.74, 6) is -0.332. The number of nitrogens with one attached hydrogen (secondary N) is 1. The van der Waals surface area contributed by atoms with Crippen LogP contribution in [-0.2, 0) is 9.59 Å². The molecular weight excluding hydrogens is 408 g/mol. The number of hydrogen-bond donors (Lipinski definition) is 2. The van der Waals surface area contributed by atoms with Gasteiger partial charge in [0.2, 0.25) is 5.91 Å². The quantitative estimate of drug-likeness (QED) is 0.555. The molecule has 2 aromatic carbocycles. The lowest BCUT2D eigenvalue weighted by molar-refractivity contribution is -0.129. The number of ether oxygens (including phenoxy) is 1. The lowest BCUT2D eigenvalue weighted by Crippen LogP contribution is -2.44. The van der Waals surface area contributed by atoms with Crippen molar-refractivity contribution in [2.24, 2.45) is 0 Å². The number of carbonyl (C=O) groups is 2. The molecule has 0 spiro atoms. The molecule has 1 unspecified atom stereocenters. The van der Waals surface area contributed by atoms with Crippen LogP contribution in [0.15, 0.2) is 47.4 Å². The van der Waals surface area contributed by atoms with Crippen molar-refractivity contribution in [3.05, 3.63) is 58.5 Å². The van der Waals surface area contributed by atoms with Crippen LogP contribution in [0.3, 0.4) is 0 Å². The van der Waals surface area contributed by atoms with Crippen LogP contribution < -0.4 is 10.1 Å². The molecule has 29 heavy (non-hydrogen) atoms. The average molecular weight is 429 g/mol. The monoisotopic (exact) mass is 428 g/mol. The van der Waals surface area contributed by atoms with Gasteiger partial charge in [0.1, 0.15) is 10.4 Å². The zero-order valence-electron chi connectivity index (χ0n) is 16.1. The van der Waals surface area contributed by atoms with Crippen LogP contribution >= 0.6 is 24.0 Å². The topological polar surface area (TPSA) is 78.9 Å². The van der Waals surface area contributed by atoms with Gasteiger partial charge in [-0.05, 0) is 49.2 Å². The molecule has 1 aliphatic rings. The molecule has 0 bridgehead atoms. The maximum Gasteiger partial charge on any atom is 0.266 e. The van der Waals surface area contributed by atoms with Gasteiger partial charge in [0.15, 0.2) is 11.5 Å². The normalized spacial score (nSPS) is 16.2. The van der Waals surface area contributed by atoms with Crippen molar-refractivity contribution in [2.45, 2.75) is 19.9 Å². The number of methoxy groups -OCH3 is 1. The number of hydrogen-bond acceptors (Lipinski definition) is 6. The van der Waals surface area contributed by atoms with Crippen LogP contribution in [0.25, 0.3) is 6.08 Å². The third-order valence-corrected chi connectivity index (χ3v) is 5.83. The van der Waals surface area contributed by atoms with Gasteiger partial charge in [-0.25, -0.2) is 0 Å². The van der Waals surface area contributed by atoms with Gasteiger partial charge in [-0.1, -0.05) is 48.2 Å². The average Bonchev–Trinajstić information content (AvgIpc) is 2.97. The molecule has 2 amide bonds. The molecule has 1 atom stereocenters. The second-order valence-electron chi connectivity index (χ2n) is 6.46. The minimum Gasteiger partial charge on any atom is -0.504 e. The van der Waals surface area contributed by atoms with E-state index in [9.17, 15) is 14.7 Å². The molecule has 2 N–H and O–H groups in total. The van der Waals surface area contributed by atoms with E-state index in [1.54, 1.807) is 25.1 Å². The van der Waals surface area contributed by atoms with Crippen molar-refractivity contribution in [3.63, 3.8) is 0 Å². The number of nitrogens with zero attached hydrogens (tertiary/aromatic N) is 1. The van der Waals surface area contributed by atoms with Crippen LogP contribution in [-0.4, -0.2) is 39.3 Å². The predicted molar refractivity (Wildman–Crippen MR) is 119 cm³/mol. The third kappa shape index (κ3) is 4.44. The van der Waals surface area contributed by atoms with Crippen molar-refractivity contribution in [3.8, 4) is 11.5 Å². The summed E-state index contributed by atoms with van der Waals surface area (Å²) in [7, 11) is 1.45. The summed E-state index contributed by atoms with van der Waals surface area (Å²) in [5.41, 5.74) is 2.30. The Morgan fingerprint density at radius 3 is 2.72 bits per heavy atom. The molecule has 1 fully saturated rings. The number of thioether (sulfide) groups is 1. The van der Waals surface area contributed by atoms with Gasteiger partial charge < -0.3 is 15.2 Å². The molecule has 150 valence electrons. The molecule has 1 heterocycles. The summed E-state index contributed by atoms with van der Waals surface area (Å²) in [6.07, 6.45) is 1.66. The number of anilines is 1. The number of thiocarbonyl (C=S) groups is 1. The van der Waals surface area contributed by atoms with Crippen molar-refractivity contribution in [1.29, 1.82) is 0 Å². The molecule has 3 rings (SSSR count). The lowest BCUT2D eigenvalue weighted by Gasteiger charge is -2.22. The van der Waals surface area contributed by atoms with Gasteiger partial charge in [0.25, 0.3) is 5.91 Å². The fraction of sp³-hybridized carbons (Fsp3) is 0.190. The molecule has 0 aliphatic carbocycles. The highest BCUT2D eigenvalue weighted by Gasteiger charge is 2.38. The standard InChI is InChI=1S/C21H20N2O4S2/c1-12-6-4-5-7-15(12)22-19(25)13(2)23-20(26)18(29-21(23)28)11-14-8-9-16(24)17(10-14)27-3/h4-11,13,24H,1-3H3,(H,22,25)/b18-11-. The van der Waals surface area contributed by atoms with Gasteiger partial charge in [-0.2, -0.15) is 0 Å². The van der Waals surface area contributed by atoms with Crippen LogP contribution in [0.2, 0.25) is 0 Å². The molecule has 8 heteroatoms. The van der Waals surface area contributed by atoms with E-state index in [0.29, 0.717) is 26.2 Å². The number of rotatable bonds is 5. The van der Waals surface area contributed by atoms with E-state index >= 15 is 0 Å². The Balaban J connectivity index is 1.79. The number of para-hydroxylation sites is 1. The molecule has 0 aromatic heterocycles. The first-order valence-electron chi connectivity index (χ1n) is 8.82. The zero-order chi connectivity index (χ0) is 21.1. The highest BCUT2D eigenvalue weighted by Crippen LogP contribution is 2.35. The van der Waals surface area contributed by atoms with Gasteiger partial charge in [-0.15, -0.1) is 0 Å². The Labute approximate surface area is 178 Å². The van der Waals surface area contributed by atoms with E-state index in [1.807, 2.05) is 31.2 Å². The van der Waals surface area contributed by atoms with Gasteiger partial charge in [-0.3, -0.25) is 14.5 Å². The Bertz CT molecular complexity index is 1020. The van der Waals surface area contributed by atoms with Gasteiger partial charge in [0, 0.05) is 5.69 Å². The second kappa shape index (κ2) is 8.67. The van der Waals surface area contributed by atoms with Crippen LogP contribution in [0.5, 0.6) is 11.5 Å². The number of phenolic OH excluding ortho intramolecular Hbond substituents is 1. The summed E-state index contributed by atoms with van der Waals surface area (Å²) in [4.78, 5) is 27.3. The first kappa shape index (κ1) is 20.9. The zero-order valence-corrected chi connectivity index (χ0v) is 17.8. The number of benzene rings is 2. The predicted octanol–water partition coefficient (Wildman–Crippen LogP) is 3.94. The summed E-state index contributed by atoms with van der Waals surface area (Å²) >= 11 is 6.48. The number of phenols is 1. The molecular formula is C21H20N2O4S2. The second-order valence-corrected chi connectivity index (χ2v) is 8.14. The Morgan fingerprint density at radius 2 is 2.03 bits per heavy atom. The highest BCUT2D eigenvalue weighted by molar-refractivity contribution is 8.26. The Kier molecular flexibility index (Phi) is 6.24. The van der Waals surface area contributed by atoms with Crippen molar-refractivity contribution >= 4 is 51.9 Å². The van der Waals surface area contributed by atoms with E-state index in [0.717, 1.165) is 17.3 Å². The minimum atomic E-state index is -0.762. The first-order chi connectivity index (χ1) is 13.8. The van der Waals surface area contributed by atoms with Crippen LogP contribution in [0, 0.1) is 6.92 Å². The van der Waals surface area contributed by atoms with E-state index in [1.165, 1.54) is 18.1 Å². The SMILES string of the molecule is COc1cc(/C=C2\SC(=S)N(C(C)C(=O)Nc3ccccc3C)C2=O)ccc1O. The summed E-state index contributed by atoms with van der Waals surface area (Å²) in [6, 6.07) is 11.4. The summed E-state index contributed by atoms with van der Waals surface area (Å²) in [5, 5.41) is 12.6. The van der Waals surface area contributed by atoms with Gasteiger partial charge >= 0.3 is 0 Å². The first-order valence-corrected chi connectivity index (χ1v) is 10.0.